The Morgan fingerprint density at radius 3 is 2.54 bits per heavy atom. The number of nitrogens with two attached hydrogens (primary N) is 1. The first-order valence-electron chi connectivity index (χ1n) is 4.97. The highest BCUT2D eigenvalue weighted by Gasteiger charge is 2.31. The summed E-state index contributed by atoms with van der Waals surface area (Å²) in [4.78, 5) is 0. The molecule has 1 fully saturated rings. The smallest absolute Gasteiger partial charge is 0.180 e. The van der Waals surface area contributed by atoms with Crippen LogP contribution in [0, 0.1) is 5.41 Å². The Labute approximate surface area is 85.4 Å². The molecule has 0 atom stereocenters. The summed E-state index contributed by atoms with van der Waals surface area (Å²) in [5.74, 6) is 5.19. The Morgan fingerprint density at radius 1 is 1.46 bits per heavy atom. The Hall–Kier alpha value is -0.350. The summed E-state index contributed by atoms with van der Waals surface area (Å²) < 4.78 is 0. The summed E-state index contributed by atoms with van der Waals surface area (Å²) in [7, 11) is 0. The monoisotopic (exact) mass is 201 g/mol. The van der Waals surface area contributed by atoms with Crippen LogP contribution in [-0.4, -0.2) is 11.7 Å². The lowest BCUT2D eigenvalue weighted by Gasteiger charge is -2.28. The molecule has 0 aromatic heterocycles. The summed E-state index contributed by atoms with van der Waals surface area (Å²) in [6.07, 6.45) is 6.59. The molecule has 0 unspecified atom stereocenters. The lowest BCUT2D eigenvalue weighted by Crippen LogP contribution is -2.44. The molecule has 1 saturated carbocycles. The van der Waals surface area contributed by atoms with Gasteiger partial charge in [0.25, 0.3) is 0 Å². The summed E-state index contributed by atoms with van der Waals surface area (Å²) in [5, 5.41) is 3.72. The predicted molar refractivity (Wildman–Crippen MR) is 59.1 cm³/mol. The van der Waals surface area contributed by atoms with E-state index in [0.717, 1.165) is 6.54 Å². The van der Waals surface area contributed by atoms with Gasteiger partial charge in [-0.3, -0.25) is 0 Å². The van der Waals surface area contributed by atoms with Crippen molar-refractivity contribution in [1.29, 1.82) is 0 Å². The zero-order chi connectivity index (χ0) is 9.73. The van der Waals surface area contributed by atoms with Crippen LogP contribution in [0.15, 0.2) is 0 Å². The lowest BCUT2D eigenvalue weighted by molar-refractivity contribution is 0.284. The zero-order valence-electron chi connectivity index (χ0n) is 8.23. The van der Waals surface area contributed by atoms with E-state index in [9.17, 15) is 0 Å². The summed E-state index contributed by atoms with van der Waals surface area (Å²) in [5.41, 5.74) is 2.92. The van der Waals surface area contributed by atoms with Crippen LogP contribution >= 0.6 is 12.2 Å². The molecular formula is C9H19N3S. The number of hydrogen-bond acceptors (Lipinski definition) is 2. The lowest BCUT2D eigenvalue weighted by atomic mass is 9.83. The van der Waals surface area contributed by atoms with E-state index in [1.54, 1.807) is 0 Å². The molecule has 0 amide bonds. The van der Waals surface area contributed by atoms with E-state index in [1.807, 2.05) is 0 Å². The van der Waals surface area contributed by atoms with Crippen molar-refractivity contribution in [3.8, 4) is 0 Å². The van der Waals surface area contributed by atoms with Gasteiger partial charge < -0.3 is 10.7 Å². The standard InChI is InChI=1S/C9H19N3S/c1-2-9(5-3-4-6-9)7-11-8(13)12-10/h2-7,10H2,1H3,(H2,11,12,13). The Morgan fingerprint density at radius 2 is 2.08 bits per heavy atom. The molecule has 0 saturated heterocycles. The molecule has 3 nitrogen and oxygen atoms in total. The van der Waals surface area contributed by atoms with Crippen LogP contribution in [0.4, 0.5) is 0 Å². The highest BCUT2D eigenvalue weighted by Crippen LogP contribution is 2.40. The molecule has 0 aliphatic heterocycles. The predicted octanol–water partition coefficient (Wildman–Crippen LogP) is 1.29. The van der Waals surface area contributed by atoms with Crippen LogP contribution in [0.5, 0.6) is 0 Å². The van der Waals surface area contributed by atoms with Crippen molar-refractivity contribution < 1.29 is 0 Å². The SMILES string of the molecule is CCC1(CNC(=S)NN)CCCC1. The van der Waals surface area contributed by atoms with Crippen LogP contribution in [0.1, 0.15) is 39.0 Å². The van der Waals surface area contributed by atoms with Crippen molar-refractivity contribution in [1.82, 2.24) is 10.7 Å². The minimum Gasteiger partial charge on any atom is -0.361 e. The third-order valence-electron chi connectivity index (χ3n) is 3.17. The maximum atomic E-state index is 5.19. The van der Waals surface area contributed by atoms with E-state index < -0.39 is 0 Å². The zero-order valence-corrected chi connectivity index (χ0v) is 9.04. The largest absolute Gasteiger partial charge is 0.361 e. The molecule has 0 heterocycles. The number of rotatable bonds is 3. The summed E-state index contributed by atoms with van der Waals surface area (Å²) in [6.45, 7) is 3.22. The molecule has 0 aromatic rings. The molecular weight excluding hydrogens is 182 g/mol. The summed E-state index contributed by atoms with van der Waals surface area (Å²) in [6, 6.07) is 0. The number of nitrogens with one attached hydrogen (secondary N) is 2. The van der Waals surface area contributed by atoms with Gasteiger partial charge in [-0.25, -0.2) is 5.84 Å². The normalized spacial score (nSPS) is 19.8. The molecule has 4 N–H and O–H groups in total. The van der Waals surface area contributed by atoms with Crippen molar-refractivity contribution in [3.05, 3.63) is 0 Å². The molecule has 0 bridgehead atoms. The van der Waals surface area contributed by atoms with Gasteiger partial charge in [0.1, 0.15) is 0 Å². The number of hydrogen-bond donors (Lipinski definition) is 3. The molecule has 76 valence electrons. The van der Waals surface area contributed by atoms with Crippen molar-refractivity contribution in [2.45, 2.75) is 39.0 Å². The van der Waals surface area contributed by atoms with Gasteiger partial charge in [-0.15, -0.1) is 0 Å². The van der Waals surface area contributed by atoms with Crippen LogP contribution in [0.25, 0.3) is 0 Å². The minimum atomic E-state index is 0.473. The van der Waals surface area contributed by atoms with Crippen LogP contribution in [-0.2, 0) is 0 Å². The fraction of sp³-hybridized carbons (Fsp3) is 0.889. The molecule has 1 aliphatic rings. The van der Waals surface area contributed by atoms with Gasteiger partial charge in [0.15, 0.2) is 5.11 Å². The van der Waals surface area contributed by atoms with Gasteiger partial charge in [0.2, 0.25) is 0 Å². The van der Waals surface area contributed by atoms with E-state index in [2.05, 4.69) is 17.7 Å². The Kier molecular flexibility index (Phi) is 3.93. The van der Waals surface area contributed by atoms with Crippen LogP contribution < -0.4 is 16.6 Å². The quantitative estimate of drug-likeness (QED) is 0.366. The minimum absolute atomic E-state index is 0.473. The van der Waals surface area contributed by atoms with Crippen LogP contribution in [0.2, 0.25) is 0 Å². The molecule has 1 rings (SSSR count). The van der Waals surface area contributed by atoms with Gasteiger partial charge in [-0.1, -0.05) is 19.8 Å². The topological polar surface area (TPSA) is 50.1 Å². The average Bonchev–Trinajstić information content (AvgIpc) is 2.63. The van der Waals surface area contributed by atoms with Gasteiger partial charge in [0, 0.05) is 6.54 Å². The first kappa shape index (κ1) is 10.7. The fourth-order valence-corrected chi connectivity index (χ4v) is 2.17. The third-order valence-corrected chi connectivity index (χ3v) is 3.43. The fourth-order valence-electron chi connectivity index (χ4n) is 2.10. The van der Waals surface area contributed by atoms with Crippen LogP contribution in [0.3, 0.4) is 0 Å². The first-order chi connectivity index (χ1) is 6.22. The van der Waals surface area contributed by atoms with E-state index >= 15 is 0 Å². The Bertz CT molecular complexity index is 176. The molecule has 0 aromatic carbocycles. The van der Waals surface area contributed by atoms with Gasteiger partial charge >= 0.3 is 0 Å². The average molecular weight is 201 g/mol. The highest BCUT2D eigenvalue weighted by atomic mass is 32.1. The second kappa shape index (κ2) is 4.77. The number of hydrazine groups is 1. The van der Waals surface area contributed by atoms with Crippen molar-refractivity contribution >= 4 is 17.3 Å². The summed E-state index contributed by atoms with van der Waals surface area (Å²) >= 11 is 4.94. The van der Waals surface area contributed by atoms with Gasteiger partial charge in [0.05, 0.1) is 0 Å². The second-order valence-corrected chi connectivity index (χ2v) is 4.30. The molecule has 1 aliphatic carbocycles. The van der Waals surface area contributed by atoms with E-state index in [-0.39, 0.29) is 0 Å². The molecule has 0 spiro atoms. The molecule has 4 heteroatoms. The van der Waals surface area contributed by atoms with Crippen molar-refractivity contribution in [2.24, 2.45) is 11.3 Å². The molecule has 0 radical (unpaired) electrons. The third kappa shape index (κ3) is 2.81. The number of thiocarbonyl (C=S) groups is 1. The molecule has 13 heavy (non-hydrogen) atoms. The maximum absolute atomic E-state index is 5.19. The maximum Gasteiger partial charge on any atom is 0.180 e. The van der Waals surface area contributed by atoms with Gasteiger partial charge in [-0.05, 0) is 36.9 Å². The first-order valence-corrected chi connectivity index (χ1v) is 5.38. The van der Waals surface area contributed by atoms with E-state index in [4.69, 9.17) is 18.1 Å². The second-order valence-electron chi connectivity index (χ2n) is 3.89. The van der Waals surface area contributed by atoms with E-state index in [0.29, 0.717) is 10.5 Å². The van der Waals surface area contributed by atoms with Gasteiger partial charge in [-0.2, -0.15) is 0 Å². The highest BCUT2D eigenvalue weighted by molar-refractivity contribution is 7.80. The van der Waals surface area contributed by atoms with Crippen molar-refractivity contribution in [2.75, 3.05) is 6.54 Å². The van der Waals surface area contributed by atoms with Crippen molar-refractivity contribution in [3.63, 3.8) is 0 Å². The Balaban J connectivity index is 2.35. The van der Waals surface area contributed by atoms with E-state index in [1.165, 1.54) is 32.1 Å².